The predicted octanol–water partition coefficient (Wildman–Crippen LogP) is 3.82. The molecule has 1 N–H and O–H groups in total. The van der Waals surface area contributed by atoms with Crippen molar-refractivity contribution in [3.63, 3.8) is 0 Å². The topological polar surface area (TPSA) is 55.2 Å². The van der Waals surface area contributed by atoms with Gasteiger partial charge in [0.05, 0.1) is 4.92 Å². The van der Waals surface area contributed by atoms with Crippen molar-refractivity contribution in [3.05, 3.63) is 69.3 Å². The standard InChI is InChI=1S/C15H16N2O2/c1-11-4-3-5-13(8-11)10-16-14-6-7-15(17(18)19)12(2)9-14/h3-9,16H,10H2,1-2H3. The van der Waals surface area contributed by atoms with Gasteiger partial charge in [0.25, 0.3) is 5.69 Å². The van der Waals surface area contributed by atoms with E-state index in [1.165, 1.54) is 17.2 Å². The first kappa shape index (κ1) is 13.1. The van der Waals surface area contributed by atoms with Crippen LogP contribution in [0.2, 0.25) is 0 Å². The number of aryl methyl sites for hydroxylation is 2. The Bertz CT molecular complexity index is 609. The van der Waals surface area contributed by atoms with Gasteiger partial charge in [-0.2, -0.15) is 0 Å². The van der Waals surface area contributed by atoms with Crippen molar-refractivity contribution in [1.29, 1.82) is 0 Å². The summed E-state index contributed by atoms with van der Waals surface area (Å²) in [7, 11) is 0. The van der Waals surface area contributed by atoms with Crippen LogP contribution in [-0.4, -0.2) is 4.92 Å². The van der Waals surface area contributed by atoms with Crippen LogP contribution in [0, 0.1) is 24.0 Å². The molecule has 0 aliphatic carbocycles. The van der Waals surface area contributed by atoms with Gasteiger partial charge in [0.2, 0.25) is 0 Å². The smallest absolute Gasteiger partial charge is 0.272 e. The Morgan fingerprint density at radius 2 is 1.95 bits per heavy atom. The van der Waals surface area contributed by atoms with Gasteiger partial charge < -0.3 is 5.32 Å². The lowest BCUT2D eigenvalue weighted by molar-refractivity contribution is -0.385. The average molecular weight is 256 g/mol. The van der Waals surface area contributed by atoms with Crippen LogP contribution < -0.4 is 5.32 Å². The molecule has 4 nitrogen and oxygen atoms in total. The minimum absolute atomic E-state index is 0.154. The number of nitrogens with one attached hydrogen (secondary N) is 1. The van der Waals surface area contributed by atoms with Gasteiger partial charge in [-0.3, -0.25) is 10.1 Å². The number of rotatable bonds is 4. The van der Waals surface area contributed by atoms with Crippen molar-refractivity contribution < 1.29 is 4.92 Å². The third-order valence-electron chi connectivity index (χ3n) is 2.97. The van der Waals surface area contributed by atoms with Gasteiger partial charge in [0.15, 0.2) is 0 Å². The molecule has 0 bridgehead atoms. The first-order valence-electron chi connectivity index (χ1n) is 6.11. The molecule has 0 aliphatic heterocycles. The summed E-state index contributed by atoms with van der Waals surface area (Å²) in [6, 6.07) is 13.3. The van der Waals surface area contributed by atoms with E-state index in [0.717, 1.165) is 5.69 Å². The third-order valence-corrected chi connectivity index (χ3v) is 2.97. The number of anilines is 1. The molecule has 2 aromatic carbocycles. The largest absolute Gasteiger partial charge is 0.381 e. The molecule has 0 fully saturated rings. The second-order valence-electron chi connectivity index (χ2n) is 4.60. The fourth-order valence-electron chi connectivity index (χ4n) is 2.00. The molecule has 0 aromatic heterocycles. The maximum Gasteiger partial charge on any atom is 0.272 e. The highest BCUT2D eigenvalue weighted by Gasteiger charge is 2.09. The Morgan fingerprint density at radius 1 is 1.16 bits per heavy atom. The Hall–Kier alpha value is -2.36. The zero-order valence-electron chi connectivity index (χ0n) is 11.0. The maximum absolute atomic E-state index is 10.7. The molecule has 2 aromatic rings. The molecule has 4 heteroatoms. The van der Waals surface area contributed by atoms with Crippen LogP contribution in [0.3, 0.4) is 0 Å². The van der Waals surface area contributed by atoms with Gasteiger partial charge in [0, 0.05) is 23.9 Å². The Kier molecular flexibility index (Phi) is 3.80. The summed E-state index contributed by atoms with van der Waals surface area (Å²) in [5, 5.41) is 14.0. The Labute approximate surface area is 112 Å². The highest BCUT2D eigenvalue weighted by molar-refractivity contribution is 5.53. The Morgan fingerprint density at radius 3 is 2.58 bits per heavy atom. The fourth-order valence-corrected chi connectivity index (χ4v) is 2.00. The summed E-state index contributed by atoms with van der Waals surface area (Å²) in [6.45, 7) is 4.51. The fraction of sp³-hybridized carbons (Fsp3) is 0.200. The summed E-state index contributed by atoms with van der Waals surface area (Å²) in [5.41, 5.74) is 4.13. The lowest BCUT2D eigenvalue weighted by Crippen LogP contribution is -2.00. The van der Waals surface area contributed by atoms with E-state index in [4.69, 9.17) is 0 Å². The predicted molar refractivity (Wildman–Crippen MR) is 76.3 cm³/mol. The van der Waals surface area contributed by atoms with Crippen molar-refractivity contribution in [3.8, 4) is 0 Å². The van der Waals surface area contributed by atoms with Crippen LogP contribution in [0.15, 0.2) is 42.5 Å². The minimum Gasteiger partial charge on any atom is -0.381 e. The van der Waals surface area contributed by atoms with E-state index in [0.29, 0.717) is 12.1 Å². The number of nitro benzene ring substituents is 1. The molecule has 2 rings (SSSR count). The minimum atomic E-state index is -0.361. The number of hydrogen-bond acceptors (Lipinski definition) is 3. The molecular formula is C15H16N2O2. The van der Waals surface area contributed by atoms with Crippen LogP contribution in [0.5, 0.6) is 0 Å². The van der Waals surface area contributed by atoms with Crippen LogP contribution in [0.25, 0.3) is 0 Å². The first-order valence-corrected chi connectivity index (χ1v) is 6.11. The van der Waals surface area contributed by atoms with Crippen LogP contribution in [0.4, 0.5) is 11.4 Å². The van der Waals surface area contributed by atoms with Gasteiger partial charge in [-0.25, -0.2) is 0 Å². The van der Waals surface area contributed by atoms with Crippen molar-refractivity contribution in [2.24, 2.45) is 0 Å². The summed E-state index contributed by atoms with van der Waals surface area (Å²) in [6.07, 6.45) is 0. The summed E-state index contributed by atoms with van der Waals surface area (Å²) >= 11 is 0. The number of benzene rings is 2. The highest BCUT2D eigenvalue weighted by atomic mass is 16.6. The van der Waals surface area contributed by atoms with E-state index in [-0.39, 0.29) is 10.6 Å². The summed E-state index contributed by atoms with van der Waals surface area (Å²) < 4.78 is 0. The monoisotopic (exact) mass is 256 g/mol. The van der Waals surface area contributed by atoms with Crippen molar-refractivity contribution >= 4 is 11.4 Å². The van der Waals surface area contributed by atoms with E-state index < -0.39 is 0 Å². The van der Waals surface area contributed by atoms with Crippen molar-refractivity contribution in [2.45, 2.75) is 20.4 Å². The molecule has 0 aliphatic rings. The van der Waals surface area contributed by atoms with Crippen molar-refractivity contribution in [2.75, 3.05) is 5.32 Å². The molecule has 19 heavy (non-hydrogen) atoms. The Balaban J connectivity index is 2.08. The molecular weight excluding hydrogens is 240 g/mol. The number of nitro groups is 1. The van der Waals surface area contributed by atoms with E-state index in [9.17, 15) is 10.1 Å². The molecule has 0 atom stereocenters. The first-order chi connectivity index (χ1) is 9.06. The van der Waals surface area contributed by atoms with E-state index >= 15 is 0 Å². The van der Waals surface area contributed by atoms with Crippen LogP contribution in [-0.2, 0) is 6.54 Å². The van der Waals surface area contributed by atoms with Crippen LogP contribution >= 0.6 is 0 Å². The summed E-state index contributed by atoms with van der Waals surface area (Å²) in [4.78, 5) is 10.4. The number of nitrogens with zero attached hydrogens (tertiary/aromatic N) is 1. The second-order valence-corrected chi connectivity index (χ2v) is 4.60. The molecule has 0 saturated carbocycles. The van der Waals surface area contributed by atoms with Crippen molar-refractivity contribution in [1.82, 2.24) is 0 Å². The number of hydrogen-bond donors (Lipinski definition) is 1. The molecule has 0 saturated heterocycles. The maximum atomic E-state index is 10.7. The van der Waals surface area contributed by atoms with Crippen LogP contribution in [0.1, 0.15) is 16.7 Å². The highest BCUT2D eigenvalue weighted by Crippen LogP contribution is 2.22. The van der Waals surface area contributed by atoms with E-state index in [1.54, 1.807) is 19.1 Å². The normalized spacial score (nSPS) is 10.2. The van der Waals surface area contributed by atoms with E-state index in [2.05, 4.69) is 30.4 Å². The zero-order chi connectivity index (χ0) is 13.8. The quantitative estimate of drug-likeness (QED) is 0.668. The van der Waals surface area contributed by atoms with Gasteiger partial charge >= 0.3 is 0 Å². The zero-order valence-corrected chi connectivity index (χ0v) is 11.0. The molecule has 0 spiro atoms. The molecule has 0 amide bonds. The molecule has 0 heterocycles. The van der Waals surface area contributed by atoms with Gasteiger partial charge in [0.1, 0.15) is 0 Å². The van der Waals surface area contributed by atoms with E-state index in [1.807, 2.05) is 6.07 Å². The van der Waals surface area contributed by atoms with Gasteiger partial charge in [-0.15, -0.1) is 0 Å². The van der Waals surface area contributed by atoms with Gasteiger partial charge in [-0.1, -0.05) is 29.8 Å². The molecule has 0 radical (unpaired) electrons. The molecule has 0 unspecified atom stereocenters. The average Bonchev–Trinajstić information content (AvgIpc) is 2.36. The molecule has 98 valence electrons. The lowest BCUT2D eigenvalue weighted by Gasteiger charge is -2.08. The third kappa shape index (κ3) is 3.31. The van der Waals surface area contributed by atoms with Gasteiger partial charge in [-0.05, 0) is 31.5 Å². The summed E-state index contributed by atoms with van der Waals surface area (Å²) in [5.74, 6) is 0. The SMILES string of the molecule is Cc1cccc(CNc2ccc([N+](=O)[O-])c(C)c2)c1. The lowest BCUT2D eigenvalue weighted by atomic mass is 10.1. The second kappa shape index (κ2) is 5.52.